The predicted octanol–water partition coefficient (Wildman–Crippen LogP) is 3.20. The molecule has 18 heavy (non-hydrogen) atoms. The van der Waals surface area contributed by atoms with Gasteiger partial charge in [0.25, 0.3) is 0 Å². The second-order valence-electron chi connectivity index (χ2n) is 4.04. The van der Waals surface area contributed by atoms with Crippen LogP contribution in [-0.4, -0.2) is 25.1 Å². The van der Waals surface area contributed by atoms with Crippen LogP contribution in [0.5, 0.6) is 0 Å². The van der Waals surface area contributed by atoms with E-state index in [2.05, 4.69) is 6.92 Å². The van der Waals surface area contributed by atoms with Crippen molar-refractivity contribution in [2.75, 3.05) is 18.7 Å². The van der Waals surface area contributed by atoms with Crippen molar-refractivity contribution in [2.24, 2.45) is 0 Å². The standard InChI is InChI=1S/C14H20ClNO2/c1-4-11-8-6-7-9-13(11)16(10-18-3)14(17)12(15)5-2/h6-9,12H,4-5,10H2,1-3H3. The Labute approximate surface area is 114 Å². The van der Waals surface area contributed by atoms with Crippen molar-refractivity contribution in [1.29, 1.82) is 0 Å². The molecule has 1 atom stereocenters. The van der Waals surface area contributed by atoms with E-state index in [0.29, 0.717) is 6.42 Å². The van der Waals surface area contributed by atoms with Crippen molar-refractivity contribution in [3.63, 3.8) is 0 Å². The number of hydrogen-bond acceptors (Lipinski definition) is 2. The summed E-state index contributed by atoms with van der Waals surface area (Å²) in [5.41, 5.74) is 1.99. The molecule has 0 spiro atoms. The first-order valence-corrected chi connectivity index (χ1v) is 6.61. The van der Waals surface area contributed by atoms with E-state index in [1.165, 1.54) is 0 Å². The summed E-state index contributed by atoms with van der Waals surface area (Å²) >= 11 is 6.04. The van der Waals surface area contributed by atoms with Gasteiger partial charge < -0.3 is 4.74 Å². The third kappa shape index (κ3) is 3.47. The summed E-state index contributed by atoms with van der Waals surface area (Å²) in [4.78, 5) is 13.9. The quantitative estimate of drug-likeness (QED) is 0.586. The molecule has 0 heterocycles. The fourth-order valence-electron chi connectivity index (χ4n) is 1.80. The largest absolute Gasteiger partial charge is 0.364 e. The number of hydrogen-bond donors (Lipinski definition) is 0. The fraction of sp³-hybridized carbons (Fsp3) is 0.500. The Hall–Kier alpha value is -1.06. The molecule has 4 heteroatoms. The van der Waals surface area contributed by atoms with Gasteiger partial charge in [-0.25, -0.2) is 0 Å². The first kappa shape index (κ1) is 15.0. The summed E-state index contributed by atoms with van der Waals surface area (Å²) in [6.07, 6.45) is 1.47. The number of rotatable bonds is 6. The molecule has 1 aromatic rings. The van der Waals surface area contributed by atoms with Gasteiger partial charge in [0.05, 0.1) is 0 Å². The van der Waals surface area contributed by atoms with Crippen LogP contribution in [-0.2, 0) is 16.0 Å². The van der Waals surface area contributed by atoms with Crippen LogP contribution in [0.3, 0.4) is 0 Å². The topological polar surface area (TPSA) is 29.5 Å². The summed E-state index contributed by atoms with van der Waals surface area (Å²) in [6, 6.07) is 7.82. The number of benzene rings is 1. The van der Waals surface area contributed by atoms with E-state index in [1.54, 1.807) is 12.0 Å². The van der Waals surface area contributed by atoms with Gasteiger partial charge in [0.1, 0.15) is 12.1 Å². The molecule has 1 amide bonds. The van der Waals surface area contributed by atoms with Gasteiger partial charge in [-0.15, -0.1) is 11.6 Å². The first-order chi connectivity index (χ1) is 8.65. The molecule has 100 valence electrons. The van der Waals surface area contributed by atoms with Gasteiger partial charge >= 0.3 is 0 Å². The van der Waals surface area contributed by atoms with Crippen molar-refractivity contribution in [1.82, 2.24) is 0 Å². The summed E-state index contributed by atoms with van der Waals surface area (Å²) < 4.78 is 5.12. The number of anilines is 1. The van der Waals surface area contributed by atoms with Crippen LogP contribution >= 0.6 is 11.6 Å². The Morgan fingerprint density at radius 1 is 1.39 bits per heavy atom. The van der Waals surface area contributed by atoms with Crippen molar-refractivity contribution < 1.29 is 9.53 Å². The molecule has 0 radical (unpaired) electrons. The number of alkyl halides is 1. The van der Waals surface area contributed by atoms with Crippen LogP contribution in [0, 0.1) is 0 Å². The maximum Gasteiger partial charge on any atom is 0.246 e. The summed E-state index contributed by atoms with van der Waals surface area (Å²) in [7, 11) is 1.57. The number of carbonyl (C=O) groups is 1. The highest BCUT2D eigenvalue weighted by Crippen LogP contribution is 2.23. The minimum atomic E-state index is -0.509. The lowest BCUT2D eigenvalue weighted by molar-refractivity contribution is -0.119. The van der Waals surface area contributed by atoms with Crippen LogP contribution in [0.4, 0.5) is 5.69 Å². The van der Waals surface area contributed by atoms with E-state index in [9.17, 15) is 4.79 Å². The SMILES string of the molecule is CCc1ccccc1N(COC)C(=O)C(Cl)CC. The molecular weight excluding hydrogens is 250 g/mol. The van der Waals surface area contributed by atoms with E-state index in [-0.39, 0.29) is 12.6 Å². The average Bonchev–Trinajstić information content (AvgIpc) is 2.43. The molecule has 0 saturated carbocycles. The highest BCUT2D eigenvalue weighted by Gasteiger charge is 2.23. The van der Waals surface area contributed by atoms with Gasteiger partial charge in [0.2, 0.25) is 5.91 Å². The van der Waals surface area contributed by atoms with E-state index < -0.39 is 5.38 Å². The molecule has 1 rings (SSSR count). The first-order valence-electron chi connectivity index (χ1n) is 6.17. The number of para-hydroxylation sites is 1. The highest BCUT2D eigenvalue weighted by molar-refractivity contribution is 6.32. The molecule has 0 bridgehead atoms. The lowest BCUT2D eigenvalue weighted by Crippen LogP contribution is -2.38. The van der Waals surface area contributed by atoms with Crippen molar-refractivity contribution >= 4 is 23.2 Å². The zero-order valence-corrected chi connectivity index (χ0v) is 11.9. The third-order valence-electron chi connectivity index (χ3n) is 2.81. The molecule has 1 unspecified atom stereocenters. The van der Waals surface area contributed by atoms with Crippen LogP contribution in [0.1, 0.15) is 25.8 Å². The number of ether oxygens (including phenoxy) is 1. The van der Waals surface area contributed by atoms with Crippen molar-refractivity contribution in [2.45, 2.75) is 32.1 Å². The maximum atomic E-state index is 12.2. The smallest absolute Gasteiger partial charge is 0.246 e. The fourth-order valence-corrected chi connectivity index (χ4v) is 1.92. The molecule has 3 nitrogen and oxygen atoms in total. The number of amides is 1. The molecular formula is C14H20ClNO2. The zero-order valence-electron chi connectivity index (χ0n) is 11.1. The Kier molecular flexibility index (Phi) is 6.16. The van der Waals surface area contributed by atoms with Gasteiger partial charge in [0.15, 0.2) is 0 Å². The maximum absolute atomic E-state index is 12.2. The van der Waals surface area contributed by atoms with Gasteiger partial charge in [-0.05, 0) is 24.5 Å². The van der Waals surface area contributed by atoms with E-state index >= 15 is 0 Å². The second kappa shape index (κ2) is 7.39. The van der Waals surface area contributed by atoms with Crippen LogP contribution in [0.2, 0.25) is 0 Å². The van der Waals surface area contributed by atoms with Gasteiger partial charge in [-0.3, -0.25) is 9.69 Å². The molecule has 0 aliphatic heterocycles. The molecule has 0 fully saturated rings. The zero-order chi connectivity index (χ0) is 13.5. The van der Waals surface area contributed by atoms with Gasteiger partial charge in [-0.1, -0.05) is 32.0 Å². The lowest BCUT2D eigenvalue weighted by atomic mass is 10.1. The molecule has 0 aromatic heterocycles. The van der Waals surface area contributed by atoms with Crippen LogP contribution in [0.15, 0.2) is 24.3 Å². The number of methoxy groups -OCH3 is 1. The molecule has 0 aliphatic carbocycles. The Morgan fingerprint density at radius 3 is 2.61 bits per heavy atom. The highest BCUT2D eigenvalue weighted by atomic mass is 35.5. The lowest BCUT2D eigenvalue weighted by Gasteiger charge is -2.25. The van der Waals surface area contributed by atoms with Crippen LogP contribution in [0.25, 0.3) is 0 Å². The van der Waals surface area contributed by atoms with Crippen LogP contribution < -0.4 is 4.90 Å². The molecule has 0 aliphatic rings. The third-order valence-corrected chi connectivity index (χ3v) is 3.31. The number of halogens is 1. The monoisotopic (exact) mass is 269 g/mol. The second-order valence-corrected chi connectivity index (χ2v) is 4.57. The summed E-state index contributed by atoms with van der Waals surface area (Å²) in [6.45, 7) is 4.18. The average molecular weight is 270 g/mol. The normalized spacial score (nSPS) is 12.2. The Balaban J connectivity index is 3.07. The Bertz CT molecular complexity index is 395. The van der Waals surface area contributed by atoms with Gasteiger partial charge in [0, 0.05) is 12.8 Å². The van der Waals surface area contributed by atoms with Gasteiger partial charge in [-0.2, -0.15) is 0 Å². The minimum absolute atomic E-state index is 0.109. The van der Waals surface area contributed by atoms with E-state index in [1.807, 2.05) is 31.2 Å². The number of aryl methyl sites for hydroxylation is 1. The molecule has 0 N–H and O–H groups in total. The summed E-state index contributed by atoms with van der Waals surface area (Å²) in [5.74, 6) is -0.109. The van der Waals surface area contributed by atoms with E-state index in [0.717, 1.165) is 17.7 Å². The summed E-state index contributed by atoms with van der Waals surface area (Å²) in [5, 5.41) is -0.509. The van der Waals surface area contributed by atoms with E-state index in [4.69, 9.17) is 16.3 Å². The van der Waals surface area contributed by atoms with Crippen molar-refractivity contribution in [3.8, 4) is 0 Å². The minimum Gasteiger partial charge on any atom is -0.364 e. The Morgan fingerprint density at radius 2 is 2.06 bits per heavy atom. The number of nitrogens with zero attached hydrogens (tertiary/aromatic N) is 1. The molecule has 0 saturated heterocycles. The molecule has 1 aromatic carbocycles. The number of carbonyl (C=O) groups excluding carboxylic acids is 1. The van der Waals surface area contributed by atoms with Crippen molar-refractivity contribution in [3.05, 3.63) is 29.8 Å². The predicted molar refractivity (Wildman–Crippen MR) is 75.1 cm³/mol.